The van der Waals surface area contributed by atoms with E-state index >= 15 is 0 Å². The molecule has 3 rings (SSSR count). The summed E-state index contributed by atoms with van der Waals surface area (Å²) < 4.78 is 0. The molecule has 1 aromatic heterocycles. The van der Waals surface area contributed by atoms with Crippen molar-refractivity contribution in [2.24, 2.45) is 0 Å². The third-order valence-corrected chi connectivity index (χ3v) is 5.99. The normalized spacial score (nSPS) is 22.0. The average molecular weight is 336 g/mol. The number of carbonyl (C=O) groups excluding carboxylic acids is 2. The van der Waals surface area contributed by atoms with Crippen molar-refractivity contribution in [3.05, 3.63) is 16.1 Å². The van der Waals surface area contributed by atoms with Crippen LogP contribution in [-0.2, 0) is 4.79 Å². The summed E-state index contributed by atoms with van der Waals surface area (Å²) in [5.41, 5.74) is 0.102. The van der Waals surface area contributed by atoms with Gasteiger partial charge in [0.2, 0.25) is 5.91 Å². The minimum Gasteiger partial charge on any atom is -0.340 e. The smallest absolute Gasteiger partial charge is 0.273 e. The van der Waals surface area contributed by atoms with Crippen LogP contribution in [0.2, 0.25) is 0 Å². The maximum absolute atomic E-state index is 12.9. The second kappa shape index (κ2) is 6.20. The van der Waals surface area contributed by atoms with Gasteiger partial charge in [-0.25, -0.2) is 4.98 Å². The SMILES string of the molecule is CCN1CCN(C)C2(CCN(C(=O)c3csc(C)n3)CC2)C1=O. The standard InChI is InChI=1S/C16H24N4O2S/c1-4-19-10-9-18(3)16(15(19)22)5-7-20(8-6-16)14(21)13-11-23-12(2)17-13/h11H,4-10H2,1-3H3. The van der Waals surface area contributed by atoms with E-state index in [1.54, 1.807) is 0 Å². The summed E-state index contributed by atoms with van der Waals surface area (Å²) in [5, 5.41) is 2.72. The van der Waals surface area contributed by atoms with Gasteiger partial charge >= 0.3 is 0 Å². The van der Waals surface area contributed by atoms with Crippen molar-refractivity contribution in [2.45, 2.75) is 32.2 Å². The van der Waals surface area contributed by atoms with E-state index in [2.05, 4.69) is 9.88 Å². The van der Waals surface area contributed by atoms with Crippen LogP contribution in [0.3, 0.4) is 0 Å². The zero-order valence-corrected chi connectivity index (χ0v) is 14.9. The molecule has 1 aromatic rings. The summed E-state index contributed by atoms with van der Waals surface area (Å²) in [4.78, 5) is 35.7. The summed E-state index contributed by atoms with van der Waals surface area (Å²) >= 11 is 1.49. The quantitative estimate of drug-likeness (QED) is 0.815. The Bertz CT molecular complexity index is 607. The minimum absolute atomic E-state index is 0.0116. The van der Waals surface area contributed by atoms with Crippen molar-refractivity contribution in [1.29, 1.82) is 0 Å². The third kappa shape index (κ3) is 2.76. The van der Waals surface area contributed by atoms with E-state index in [0.717, 1.165) is 24.6 Å². The zero-order valence-electron chi connectivity index (χ0n) is 14.0. The molecule has 2 aliphatic rings. The number of piperidine rings is 1. The van der Waals surface area contributed by atoms with Gasteiger partial charge in [0.25, 0.3) is 5.91 Å². The molecule has 2 amide bonds. The topological polar surface area (TPSA) is 56.8 Å². The van der Waals surface area contributed by atoms with Gasteiger partial charge in [0, 0.05) is 38.1 Å². The van der Waals surface area contributed by atoms with Crippen LogP contribution in [0.15, 0.2) is 5.38 Å². The Balaban J connectivity index is 1.71. The molecule has 0 atom stereocenters. The van der Waals surface area contributed by atoms with Gasteiger partial charge in [0.1, 0.15) is 11.2 Å². The van der Waals surface area contributed by atoms with E-state index in [9.17, 15) is 9.59 Å². The summed E-state index contributed by atoms with van der Waals surface area (Å²) in [6.45, 7) is 7.62. The monoisotopic (exact) mass is 336 g/mol. The fraction of sp³-hybridized carbons (Fsp3) is 0.688. The molecule has 1 spiro atoms. The number of thiazole rings is 1. The van der Waals surface area contributed by atoms with Crippen molar-refractivity contribution >= 4 is 23.2 Å². The van der Waals surface area contributed by atoms with Crippen molar-refractivity contribution in [2.75, 3.05) is 39.8 Å². The molecule has 2 saturated heterocycles. The van der Waals surface area contributed by atoms with Crippen LogP contribution in [0, 0.1) is 6.92 Å². The molecule has 0 bridgehead atoms. The van der Waals surface area contributed by atoms with E-state index in [0.29, 0.717) is 31.6 Å². The molecule has 126 valence electrons. The Morgan fingerprint density at radius 1 is 1.30 bits per heavy atom. The van der Waals surface area contributed by atoms with E-state index < -0.39 is 5.54 Å². The largest absolute Gasteiger partial charge is 0.340 e. The molecule has 0 saturated carbocycles. The van der Waals surface area contributed by atoms with Crippen LogP contribution in [0.1, 0.15) is 35.3 Å². The maximum atomic E-state index is 12.9. The van der Waals surface area contributed by atoms with Gasteiger partial charge in [0.15, 0.2) is 0 Å². The lowest BCUT2D eigenvalue weighted by Gasteiger charge is -2.51. The van der Waals surface area contributed by atoms with Crippen molar-refractivity contribution < 1.29 is 9.59 Å². The van der Waals surface area contributed by atoms with E-state index in [1.807, 2.05) is 36.1 Å². The number of amides is 2. The highest BCUT2D eigenvalue weighted by Crippen LogP contribution is 2.33. The molecule has 6 nitrogen and oxygen atoms in total. The Morgan fingerprint density at radius 3 is 2.57 bits per heavy atom. The van der Waals surface area contributed by atoms with Gasteiger partial charge in [-0.3, -0.25) is 14.5 Å². The number of likely N-dealkylation sites (N-methyl/N-ethyl adjacent to an activating group) is 2. The van der Waals surface area contributed by atoms with E-state index in [1.165, 1.54) is 11.3 Å². The third-order valence-electron chi connectivity index (χ3n) is 5.22. The molecule has 0 unspecified atom stereocenters. The predicted molar refractivity (Wildman–Crippen MR) is 89.6 cm³/mol. The van der Waals surface area contributed by atoms with Crippen LogP contribution >= 0.6 is 11.3 Å². The second-order valence-corrected chi connectivity index (χ2v) is 7.44. The molecular formula is C16H24N4O2S. The lowest BCUT2D eigenvalue weighted by atomic mass is 9.82. The molecule has 0 aliphatic carbocycles. The molecule has 0 aromatic carbocycles. The highest BCUT2D eigenvalue weighted by Gasteiger charge is 2.49. The Labute approximate surface area is 141 Å². The molecule has 0 radical (unpaired) electrons. The number of rotatable bonds is 2. The fourth-order valence-electron chi connectivity index (χ4n) is 3.64. The predicted octanol–water partition coefficient (Wildman–Crippen LogP) is 1.22. The van der Waals surface area contributed by atoms with Crippen LogP contribution in [0.5, 0.6) is 0 Å². The molecule has 3 heterocycles. The second-order valence-electron chi connectivity index (χ2n) is 6.38. The van der Waals surface area contributed by atoms with Crippen molar-refractivity contribution in [3.8, 4) is 0 Å². The zero-order chi connectivity index (χ0) is 16.6. The number of hydrogen-bond acceptors (Lipinski definition) is 5. The highest BCUT2D eigenvalue weighted by molar-refractivity contribution is 7.09. The van der Waals surface area contributed by atoms with Gasteiger partial charge in [0.05, 0.1) is 5.01 Å². The maximum Gasteiger partial charge on any atom is 0.273 e. The van der Waals surface area contributed by atoms with Crippen LogP contribution in [0.25, 0.3) is 0 Å². The number of hydrogen-bond donors (Lipinski definition) is 0. The van der Waals surface area contributed by atoms with Gasteiger partial charge < -0.3 is 9.80 Å². The Kier molecular flexibility index (Phi) is 4.42. The van der Waals surface area contributed by atoms with Gasteiger partial charge in [-0.2, -0.15) is 0 Å². The van der Waals surface area contributed by atoms with Crippen LogP contribution in [0.4, 0.5) is 0 Å². The number of piperazine rings is 1. The Hall–Kier alpha value is -1.47. The van der Waals surface area contributed by atoms with E-state index in [4.69, 9.17) is 0 Å². The number of aromatic nitrogens is 1. The molecule has 23 heavy (non-hydrogen) atoms. The molecule has 2 aliphatic heterocycles. The lowest BCUT2D eigenvalue weighted by molar-refractivity contribution is -0.153. The number of nitrogens with zero attached hydrogens (tertiary/aromatic N) is 4. The lowest BCUT2D eigenvalue weighted by Crippen LogP contribution is -2.67. The van der Waals surface area contributed by atoms with Crippen molar-refractivity contribution in [1.82, 2.24) is 19.7 Å². The first kappa shape index (κ1) is 16.4. The first-order chi connectivity index (χ1) is 11.0. The summed E-state index contributed by atoms with van der Waals surface area (Å²) in [5.74, 6) is 0.216. The van der Waals surface area contributed by atoms with Gasteiger partial charge in [-0.05, 0) is 33.7 Å². The summed E-state index contributed by atoms with van der Waals surface area (Å²) in [6, 6.07) is 0. The van der Waals surface area contributed by atoms with Crippen LogP contribution in [-0.4, -0.2) is 76.8 Å². The Morgan fingerprint density at radius 2 is 2.00 bits per heavy atom. The van der Waals surface area contributed by atoms with Gasteiger partial charge in [-0.1, -0.05) is 0 Å². The van der Waals surface area contributed by atoms with Gasteiger partial charge in [-0.15, -0.1) is 11.3 Å². The average Bonchev–Trinajstić information content (AvgIpc) is 2.99. The first-order valence-electron chi connectivity index (χ1n) is 8.20. The number of aryl methyl sites for hydroxylation is 1. The minimum atomic E-state index is -0.428. The summed E-state index contributed by atoms with van der Waals surface area (Å²) in [7, 11) is 2.03. The highest BCUT2D eigenvalue weighted by atomic mass is 32.1. The number of carbonyl (C=O) groups is 2. The molecular weight excluding hydrogens is 312 g/mol. The number of likely N-dealkylation sites (tertiary alicyclic amines) is 1. The summed E-state index contributed by atoms with van der Waals surface area (Å²) in [6.07, 6.45) is 1.40. The molecule has 0 N–H and O–H groups in total. The molecule has 7 heteroatoms. The van der Waals surface area contributed by atoms with Crippen molar-refractivity contribution in [3.63, 3.8) is 0 Å². The first-order valence-corrected chi connectivity index (χ1v) is 9.08. The molecule has 2 fully saturated rings. The van der Waals surface area contributed by atoms with E-state index in [-0.39, 0.29) is 11.8 Å². The fourth-order valence-corrected chi connectivity index (χ4v) is 4.23. The van der Waals surface area contributed by atoms with Crippen LogP contribution < -0.4 is 0 Å².